The average molecular weight is 346 g/mol. The summed E-state index contributed by atoms with van der Waals surface area (Å²) >= 11 is 0. The first kappa shape index (κ1) is 18.2. The number of carbonyl (C=O) groups is 2. The van der Waals surface area contributed by atoms with Gasteiger partial charge in [0.2, 0.25) is 15.9 Å². The van der Waals surface area contributed by atoms with Crippen LogP contribution in [0.25, 0.3) is 0 Å². The molecule has 2 fully saturated rings. The lowest BCUT2D eigenvalue weighted by Gasteiger charge is -2.37. The zero-order valence-corrected chi connectivity index (χ0v) is 14.4. The van der Waals surface area contributed by atoms with Crippen LogP contribution in [0.3, 0.4) is 0 Å². The molecule has 1 aliphatic carbocycles. The molecule has 7 nitrogen and oxygen atoms in total. The van der Waals surface area contributed by atoms with E-state index in [-0.39, 0.29) is 18.2 Å². The van der Waals surface area contributed by atoms with Crippen LogP contribution in [0.1, 0.15) is 51.9 Å². The molecule has 2 rings (SSSR count). The summed E-state index contributed by atoms with van der Waals surface area (Å²) < 4.78 is 25.3. The van der Waals surface area contributed by atoms with Crippen molar-refractivity contribution < 1.29 is 23.1 Å². The lowest BCUT2D eigenvalue weighted by molar-refractivity contribution is -0.150. The third-order valence-electron chi connectivity index (χ3n) is 4.99. The van der Waals surface area contributed by atoms with E-state index in [4.69, 9.17) is 0 Å². The molecular weight excluding hydrogens is 320 g/mol. The molecule has 23 heavy (non-hydrogen) atoms. The predicted octanol–water partition coefficient (Wildman–Crippen LogP) is 0.952. The Bertz CT molecular complexity index is 554. The third kappa shape index (κ3) is 4.03. The molecule has 0 aromatic rings. The second-order valence-corrected chi connectivity index (χ2v) is 8.79. The Labute approximate surface area is 137 Å². The zero-order valence-electron chi connectivity index (χ0n) is 13.6. The van der Waals surface area contributed by atoms with Gasteiger partial charge in [-0.25, -0.2) is 17.5 Å². The van der Waals surface area contributed by atoms with Crippen molar-refractivity contribution in [2.75, 3.05) is 18.8 Å². The number of carboxylic acid groups (broad SMARTS) is 1. The van der Waals surface area contributed by atoms with Crippen LogP contribution in [0.4, 0.5) is 0 Å². The first-order valence-electron chi connectivity index (χ1n) is 8.34. The van der Waals surface area contributed by atoms with Crippen molar-refractivity contribution in [2.24, 2.45) is 5.92 Å². The Morgan fingerprint density at radius 2 is 1.87 bits per heavy atom. The lowest BCUT2D eigenvalue weighted by Crippen LogP contribution is -2.58. The van der Waals surface area contributed by atoms with E-state index in [2.05, 4.69) is 5.32 Å². The van der Waals surface area contributed by atoms with Crippen LogP contribution < -0.4 is 5.32 Å². The Balaban J connectivity index is 2.06. The molecule has 1 unspecified atom stereocenters. The van der Waals surface area contributed by atoms with Crippen LogP contribution in [0.15, 0.2) is 0 Å². The highest BCUT2D eigenvalue weighted by Gasteiger charge is 2.43. The van der Waals surface area contributed by atoms with Crippen molar-refractivity contribution in [1.82, 2.24) is 9.62 Å². The summed E-state index contributed by atoms with van der Waals surface area (Å²) in [6.07, 6.45) is 4.65. The highest BCUT2D eigenvalue weighted by Crippen LogP contribution is 2.30. The number of sulfonamides is 1. The fourth-order valence-electron chi connectivity index (χ4n) is 3.48. The second-order valence-electron chi connectivity index (χ2n) is 6.53. The smallest absolute Gasteiger partial charge is 0.329 e. The summed E-state index contributed by atoms with van der Waals surface area (Å²) in [6.45, 7) is 2.17. The molecule has 2 N–H and O–H groups in total. The highest BCUT2D eigenvalue weighted by atomic mass is 32.2. The van der Waals surface area contributed by atoms with Gasteiger partial charge in [-0.15, -0.1) is 0 Å². The van der Waals surface area contributed by atoms with Gasteiger partial charge in [0, 0.05) is 13.1 Å². The number of piperidine rings is 1. The van der Waals surface area contributed by atoms with Gasteiger partial charge >= 0.3 is 5.97 Å². The average Bonchev–Trinajstić information content (AvgIpc) is 2.55. The maximum atomic E-state index is 12.5. The van der Waals surface area contributed by atoms with Crippen molar-refractivity contribution in [3.05, 3.63) is 0 Å². The van der Waals surface area contributed by atoms with Gasteiger partial charge < -0.3 is 10.4 Å². The van der Waals surface area contributed by atoms with E-state index in [1.54, 1.807) is 6.92 Å². The Morgan fingerprint density at radius 3 is 2.43 bits per heavy atom. The van der Waals surface area contributed by atoms with Gasteiger partial charge in [-0.05, 0) is 32.6 Å². The van der Waals surface area contributed by atoms with Crippen LogP contribution in [0, 0.1) is 5.92 Å². The fraction of sp³-hybridized carbons (Fsp3) is 0.867. The molecule has 1 saturated heterocycles. The molecule has 1 atom stereocenters. The van der Waals surface area contributed by atoms with Gasteiger partial charge in [0.05, 0.1) is 11.7 Å². The molecule has 1 heterocycles. The van der Waals surface area contributed by atoms with Crippen LogP contribution in [-0.2, 0) is 19.6 Å². The second kappa shape index (κ2) is 7.17. The number of carbonyl (C=O) groups excluding carboxylic acids is 1. The standard InChI is InChI=1S/C15H26N2O5S/c1-2-23(21,22)17-10-6-7-12(11-17)13(18)16-15(14(19)20)8-4-3-5-9-15/h12H,2-11H2,1H3,(H,16,18)(H,19,20). The first-order chi connectivity index (χ1) is 10.8. The van der Waals surface area contributed by atoms with Crippen molar-refractivity contribution in [1.29, 1.82) is 0 Å². The van der Waals surface area contributed by atoms with Crippen molar-refractivity contribution in [3.63, 3.8) is 0 Å². The van der Waals surface area contributed by atoms with Crippen LogP contribution in [0.2, 0.25) is 0 Å². The minimum absolute atomic E-state index is 0.0143. The lowest BCUT2D eigenvalue weighted by atomic mass is 9.81. The van der Waals surface area contributed by atoms with Gasteiger partial charge in [-0.1, -0.05) is 19.3 Å². The zero-order chi connectivity index (χ0) is 17.1. The topological polar surface area (TPSA) is 104 Å². The van der Waals surface area contributed by atoms with E-state index >= 15 is 0 Å². The summed E-state index contributed by atoms with van der Waals surface area (Å²) in [6, 6.07) is 0. The van der Waals surface area contributed by atoms with Gasteiger partial charge in [0.1, 0.15) is 5.54 Å². The molecule has 1 aliphatic heterocycles. The maximum absolute atomic E-state index is 12.5. The highest BCUT2D eigenvalue weighted by molar-refractivity contribution is 7.89. The number of nitrogens with zero attached hydrogens (tertiary/aromatic N) is 1. The summed E-state index contributed by atoms with van der Waals surface area (Å²) in [5.74, 6) is -1.77. The molecule has 0 spiro atoms. The minimum atomic E-state index is -3.32. The van der Waals surface area contributed by atoms with Crippen LogP contribution in [-0.4, -0.2) is 54.1 Å². The predicted molar refractivity (Wildman–Crippen MR) is 85.4 cm³/mol. The number of aliphatic carboxylic acids is 1. The van der Waals surface area contributed by atoms with Crippen molar-refractivity contribution in [3.8, 4) is 0 Å². The molecule has 132 valence electrons. The number of hydrogen-bond donors (Lipinski definition) is 2. The number of hydrogen-bond acceptors (Lipinski definition) is 4. The molecule has 0 bridgehead atoms. The van der Waals surface area contributed by atoms with E-state index in [0.717, 1.165) is 19.3 Å². The molecule has 1 saturated carbocycles. The number of carboxylic acids is 1. The van der Waals surface area contributed by atoms with Gasteiger partial charge in [-0.2, -0.15) is 0 Å². The maximum Gasteiger partial charge on any atom is 0.329 e. The first-order valence-corrected chi connectivity index (χ1v) is 9.95. The number of nitrogens with one attached hydrogen (secondary N) is 1. The Morgan fingerprint density at radius 1 is 1.22 bits per heavy atom. The Hall–Kier alpha value is -1.15. The third-order valence-corrected chi connectivity index (χ3v) is 6.84. The summed E-state index contributed by atoms with van der Waals surface area (Å²) in [7, 11) is -3.32. The van der Waals surface area contributed by atoms with E-state index < -0.39 is 27.4 Å². The van der Waals surface area contributed by atoms with Crippen LogP contribution in [0.5, 0.6) is 0 Å². The van der Waals surface area contributed by atoms with Gasteiger partial charge in [0.25, 0.3) is 0 Å². The normalized spacial score (nSPS) is 25.7. The molecule has 2 aliphatic rings. The number of rotatable bonds is 5. The van der Waals surface area contributed by atoms with Crippen molar-refractivity contribution >= 4 is 21.9 Å². The SMILES string of the molecule is CCS(=O)(=O)N1CCCC(C(=O)NC2(C(=O)O)CCCCC2)C1. The molecule has 0 aromatic heterocycles. The van der Waals surface area contributed by atoms with Gasteiger partial charge in [-0.3, -0.25) is 4.79 Å². The van der Waals surface area contributed by atoms with E-state index in [1.165, 1.54) is 4.31 Å². The fourth-order valence-corrected chi connectivity index (χ4v) is 4.66. The Kier molecular flexibility index (Phi) is 5.67. The summed E-state index contributed by atoms with van der Waals surface area (Å²) in [5, 5.41) is 12.3. The van der Waals surface area contributed by atoms with E-state index in [9.17, 15) is 23.1 Å². The molecule has 1 amide bonds. The molecular formula is C15H26N2O5S. The van der Waals surface area contributed by atoms with Crippen LogP contribution >= 0.6 is 0 Å². The quantitative estimate of drug-likeness (QED) is 0.771. The molecule has 0 aromatic carbocycles. The minimum Gasteiger partial charge on any atom is -0.480 e. The number of amides is 1. The molecule has 0 radical (unpaired) electrons. The largest absolute Gasteiger partial charge is 0.480 e. The van der Waals surface area contributed by atoms with Crippen molar-refractivity contribution in [2.45, 2.75) is 57.4 Å². The monoisotopic (exact) mass is 346 g/mol. The van der Waals surface area contributed by atoms with E-state index in [0.29, 0.717) is 32.2 Å². The summed E-state index contributed by atoms with van der Waals surface area (Å²) in [5.41, 5.74) is -1.18. The summed E-state index contributed by atoms with van der Waals surface area (Å²) in [4.78, 5) is 24.2. The van der Waals surface area contributed by atoms with E-state index in [1.807, 2.05) is 0 Å². The van der Waals surface area contributed by atoms with Gasteiger partial charge in [0.15, 0.2) is 0 Å². The molecule has 8 heteroatoms.